The van der Waals surface area contributed by atoms with Gasteiger partial charge in [0, 0.05) is 4.47 Å². The highest BCUT2D eigenvalue weighted by Crippen LogP contribution is 2.44. The third-order valence-electron chi connectivity index (χ3n) is 2.43. The second-order valence-corrected chi connectivity index (χ2v) is 5.24. The molecule has 0 bridgehead atoms. The number of aliphatic hydroxyl groups is 1. The lowest BCUT2D eigenvalue weighted by Gasteiger charge is -2.23. The SMILES string of the molecule is COc1cc([C@H](N)[C@H](O)C(F)(F)F)c(Br)c(Br)c1O.Cl. The van der Waals surface area contributed by atoms with Gasteiger partial charge in [-0.2, -0.15) is 13.2 Å². The summed E-state index contributed by atoms with van der Waals surface area (Å²) in [5.74, 6) is -0.346. The lowest BCUT2D eigenvalue weighted by atomic mass is 10.0. The minimum absolute atomic E-state index is 0. The highest BCUT2D eigenvalue weighted by atomic mass is 79.9. The Balaban J connectivity index is 0.00000361. The molecule has 0 amide bonds. The number of ether oxygens (including phenoxy) is 1. The summed E-state index contributed by atoms with van der Waals surface area (Å²) < 4.78 is 42.3. The Morgan fingerprint density at radius 2 is 1.80 bits per heavy atom. The van der Waals surface area contributed by atoms with Gasteiger partial charge in [-0.15, -0.1) is 12.4 Å². The van der Waals surface area contributed by atoms with E-state index < -0.39 is 18.3 Å². The molecule has 1 rings (SSSR count). The van der Waals surface area contributed by atoms with Crippen molar-refractivity contribution in [1.29, 1.82) is 0 Å². The van der Waals surface area contributed by atoms with Crippen LogP contribution in [0.5, 0.6) is 11.5 Å². The summed E-state index contributed by atoms with van der Waals surface area (Å²) in [5.41, 5.74) is 5.36. The van der Waals surface area contributed by atoms with Gasteiger partial charge in [-0.05, 0) is 43.5 Å². The average molecular weight is 445 g/mol. The quantitative estimate of drug-likeness (QED) is 0.668. The fraction of sp³-hybridized carbons (Fsp3) is 0.400. The Hall–Kier alpha value is -0.220. The molecule has 0 aliphatic carbocycles. The van der Waals surface area contributed by atoms with Crippen LogP contribution in [0.4, 0.5) is 13.2 Å². The summed E-state index contributed by atoms with van der Waals surface area (Å²) in [6.45, 7) is 0. The molecule has 0 spiro atoms. The first-order chi connectivity index (χ1) is 8.61. The largest absolute Gasteiger partial charge is 0.503 e. The Morgan fingerprint density at radius 1 is 1.30 bits per heavy atom. The van der Waals surface area contributed by atoms with Crippen molar-refractivity contribution < 1.29 is 28.1 Å². The minimum atomic E-state index is -4.85. The van der Waals surface area contributed by atoms with E-state index >= 15 is 0 Å². The maximum absolute atomic E-state index is 12.4. The van der Waals surface area contributed by atoms with Crippen LogP contribution < -0.4 is 10.5 Å². The standard InChI is InChI=1S/C10H10Br2F3NO3.ClH/c1-19-4-2-3(5(11)6(12)8(4)17)7(16)9(18)10(13,14)15;/h2,7,9,17-18H,16H2,1H3;1H/t7-,9-;/m0./s1. The number of phenolic OH excluding ortho intramolecular Hbond substituents is 1. The number of halogens is 6. The third kappa shape index (κ3) is 3.91. The number of benzene rings is 1. The van der Waals surface area contributed by atoms with Gasteiger partial charge in [-0.3, -0.25) is 0 Å². The number of alkyl halides is 3. The maximum Gasteiger partial charge on any atom is 0.416 e. The second-order valence-electron chi connectivity index (χ2n) is 3.66. The molecule has 0 fully saturated rings. The second kappa shape index (κ2) is 7.17. The van der Waals surface area contributed by atoms with E-state index in [0.717, 1.165) is 6.07 Å². The fourth-order valence-electron chi connectivity index (χ4n) is 1.38. The number of rotatable bonds is 3. The van der Waals surface area contributed by atoms with Gasteiger partial charge in [-0.25, -0.2) is 0 Å². The number of methoxy groups -OCH3 is 1. The predicted octanol–water partition coefficient (Wildman–Crippen LogP) is 3.27. The molecule has 10 heteroatoms. The Morgan fingerprint density at radius 3 is 2.20 bits per heavy atom. The molecule has 0 unspecified atom stereocenters. The van der Waals surface area contributed by atoms with E-state index in [2.05, 4.69) is 31.9 Å². The molecule has 4 nitrogen and oxygen atoms in total. The van der Waals surface area contributed by atoms with Gasteiger partial charge < -0.3 is 20.7 Å². The molecule has 0 saturated carbocycles. The predicted molar refractivity (Wildman–Crippen MR) is 76.3 cm³/mol. The summed E-state index contributed by atoms with van der Waals surface area (Å²) in [4.78, 5) is 0. The van der Waals surface area contributed by atoms with Crippen LogP contribution in [0.2, 0.25) is 0 Å². The van der Waals surface area contributed by atoms with Crippen molar-refractivity contribution in [2.24, 2.45) is 5.73 Å². The summed E-state index contributed by atoms with van der Waals surface area (Å²) in [7, 11) is 1.24. The van der Waals surface area contributed by atoms with E-state index in [9.17, 15) is 18.3 Å². The summed E-state index contributed by atoms with van der Waals surface area (Å²) >= 11 is 6.00. The number of nitrogens with two attached hydrogens (primary N) is 1. The van der Waals surface area contributed by atoms with E-state index in [1.54, 1.807) is 0 Å². The first-order valence-electron chi connectivity index (χ1n) is 4.86. The number of hydrogen-bond donors (Lipinski definition) is 3. The molecular formula is C10H11Br2ClF3NO3. The zero-order chi connectivity index (χ0) is 15.0. The smallest absolute Gasteiger partial charge is 0.416 e. The first kappa shape index (κ1) is 19.8. The van der Waals surface area contributed by atoms with Crippen molar-refractivity contribution in [3.05, 3.63) is 20.6 Å². The van der Waals surface area contributed by atoms with E-state index in [4.69, 9.17) is 15.6 Å². The van der Waals surface area contributed by atoms with E-state index in [0.29, 0.717) is 0 Å². The molecular weight excluding hydrogens is 434 g/mol. The van der Waals surface area contributed by atoms with Crippen LogP contribution in [0.25, 0.3) is 0 Å². The molecule has 0 radical (unpaired) electrons. The van der Waals surface area contributed by atoms with Crippen molar-refractivity contribution in [2.75, 3.05) is 7.11 Å². The third-order valence-corrected chi connectivity index (χ3v) is 4.59. The molecule has 0 aromatic heterocycles. The van der Waals surface area contributed by atoms with Crippen molar-refractivity contribution in [1.82, 2.24) is 0 Å². The van der Waals surface area contributed by atoms with Crippen molar-refractivity contribution >= 4 is 44.3 Å². The Kier molecular flexibility index (Phi) is 7.09. The zero-order valence-electron chi connectivity index (χ0n) is 9.91. The topological polar surface area (TPSA) is 75.7 Å². The lowest BCUT2D eigenvalue weighted by molar-refractivity contribution is -0.210. The summed E-state index contributed by atoms with van der Waals surface area (Å²) in [6.07, 6.45) is -7.58. The minimum Gasteiger partial charge on any atom is -0.503 e. The van der Waals surface area contributed by atoms with Gasteiger partial charge >= 0.3 is 6.18 Å². The molecule has 2 atom stereocenters. The molecule has 0 aliphatic heterocycles. The first-order valence-corrected chi connectivity index (χ1v) is 6.45. The Labute approximate surface area is 135 Å². The highest BCUT2D eigenvalue weighted by Gasteiger charge is 2.43. The maximum atomic E-state index is 12.4. The van der Waals surface area contributed by atoms with Gasteiger partial charge in [0.2, 0.25) is 0 Å². The van der Waals surface area contributed by atoms with Crippen LogP contribution in [0.15, 0.2) is 15.0 Å². The number of aliphatic hydroxyl groups excluding tert-OH is 1. The fourth-order valence-corrected chi connectivity index (χ4v) is 2.37. The average Bonchev–Trinajstić information content (AvgIpc) is 2.33. The van der Waals surface area contributed by atoms with Crippen LogP contribution in [-0.2, 0) is 0 Å². The Bertz CT molecular complexity index is 488. The normalized spacial score (nSPS) is 14.4. The molecule has 0 aliphatic rings. The van der Waals surface area contributed by atoms with Crippen molar-refractivity contribution in [3.8, 4) is 11.5 Å². The van der Waals surface area contributed by atoms with Gasteiger partial charge in [0.15, 0.2) is 17.6 Å². The van der Waals surface area contributed by atoms with Crippen LogP contribution in [0, 0.1) is 0 Å². The van der Waals surface area contributed by atoms with Crippen LogP contribution in [0.3, 0.4) is 0 Å². The van der Waals surface area contributed by atoms with E-state index in [1.165, 1.54) is 7.11 Å². The molecule has 1 aromatic rings. The highest BCUT2D eigenvalue weighted by molar-refractivity contribution is 9.13. The molecule has 116 valence electrons. The van der Waals surface area contributed by atoms with Gasteiger partial charge in [0.05, 0.1) is 17.6 Å². The van der Waals surface area contributed by atoms with Crippen molar-refractivity contribution in [3.63, 3.8) is 0 Å². The number of hydrogen-bond acceptors (Lipinski definition) is 4. The summed E-state index contributed by atoms with van der Waals surface area (Å²) in [6, 6.07) is -0.593. The van der Waals surface area contributed by atoms with Crippen LogP contribution in [0.1, 0.15) is 11.6 Å². The van der Waals surface area contributed by atoms with Crippen LogP contribution in [-0.4, -0.2) is 29.6 Å². The molecule has 20 heavy (non-hydrogen) atoms. The van der Waals surface area contributed by atoms with Gasteiger partial charge in [-0.1, -0.05) is 0 Å². The molecule has 0 heterocycles. The van der Waals surface area contributed by atoms with Crippen molar-refractivity contribution in [2.45, 2.75) is 18.3 Å². The lowest BCUT2D eigenvalue weighted by Crippen LogP contribution is -2.39. The van der Waals surface area contributed by atoms with Gasteiger partial charge in [0.25, 0.3) is 0 Å². The van der Waals surface area contributed by atoms with E-state index in [-0.39, 0.29) is 38.4 Å². The number of aromatic hydroxyl groups is 1. The monoisotopic (exact) mass is 443 g/mol. The molecule has 1 aromatic carbocycles. The summed E-state index contributed by atoms with van der Waals surface area (Å²) in [5, 5.41) is 18.8. The number of phenols is 1. The molecule has 4 N–H and O–H groups in total. The molecule has 0 saturated heterocycles. The van der Waals surface area contributed by atoms with Gasteiger partial charge in [0.1, 0.15) is 0 Å². The van der Waals surface area contributed by atoms with E-state index in [1.807, 2.05) is 0 Å². The zero-order valence-corrected chi connectivity index (χ0v) is 13.9. The van der Waals surface area contributed by atoms with Crippen LogP contribution >= 0.6 is 44.3 Å².